The van der Waals surface area contributed by atoms with Crippen molar-refractivity contribution in [2.75, 3.05) is 0 Å². The second kappa shape index (κ2) is 7.54. The van der Waals surface area contributed by atoms with Gasteiger partial charge in [-0.2, -0.15) is 5.10 Å². The maximum absolute atomic E-state index is 13.2. The fourth-order valence-electron chi connectivity index (χ4n) is 3.60. The minimum absolute atomic E-state index is 0.247. The van der Waals surface area contributed by atoms with Crippen molar-refractivity contribution < 1.29 is 9.21 Å². The number of aromatic nitrogens is 4. The number of amides is 1. The number of fused-ring (bicyclic) bond motifs is 3. The van der Waals surface area contributed by atoms with Gasteiger partial charge in [-0.3, -0.25) is 19.0 Å². The highest BCUT2D eigenvalue weighted by molar-refractivity contribution is 5.83. The second-order valence-electron chi connectivity index (χ2n) is 6.99. The van der Waals surface area contributed by atoms with E-state index in [9.17, 15) is 9.59 Å². The molecule has 0 aliphatic carbocycles. The summed E-state index contributed by atoms with van der Waals surface area (Å²) in [6.45, 7) is 6.05. The van der Waals surface area contributed by atoms with Crippen LogP contribution in [0.25, 0.3) is 16.6 Å². The maximum Gasteiger partial charge on any atom is 0.291 e. The Morgan fingerprint density at radius 2 is 2.10 bits per heavy atom. The van der Waals surface area contributed by atoms with Crippen LogP contribution in [0.5, 0.6) is 0 Å². The topological polar surface area (TPSA) is 94.4 Å². The summed E-state index contributed by atoms with van der Waals surface area (Å²) in [5.41, 5.74) is 2.50. The number of hydrogen-bond acceptors (Lipinski definition) is 5. The Hall–Kier alpha value is -3.42. The molecule has 4 aromatic rings. The Morgan fingerprint density at radius 1 is 1.28 bits per heavy atom. The maximum atomic E-state index is 13.2. The monoisotopic (exact) mass is 393 g/mol. The van der Waals surface area contributed by atoms with Crippen molar-refractivity contribution in [2.24, 2.45) is 0 Å². The number of aryl methyl sites for hydroxylation is 2. The molecular formula is C21H23N5O3. The van der Waals surface area contributed by atoms with Crippen LogP contribution in [0, 0.1) is 6.92 Å². The predicted molar refractivity (Wildman–Crippen MR) is 109 cm³/mol. The Morgan fingerprint density at radius 3 is 2.79 bits per heavy atom. The van der Waals surface area contributed by atoms with E-state index in [-0.39, 0.29) is 11.5 Å². The number of pyridine rings is 1. The lowest BCUT2D eigenvalue weighted by molar-refractivity contribution is -0.125. The van der Waals surface area contributed by atoms with Crippen molar-refractivity contribution in [3.05, 3.63) is 64.2 Å². The van der Waals surface area contributed by atoms with Gasteiger partial charge in [-0.15, -0.1) is 0 Å². The molecule has 29 heavy (non-hydrogen) atoms. The molecule has 1 N–H and O–H groups in total. The fourth-order valence-corrected chi connectivity index (χ4v) is 3.60. The first-order valence-electron chi connectivity index (χ1n) is 9.73. The third kappa shape index (κ3) is 3.30. The predicted octanol–water partition coefficient (Wildman–Crippen LogP) is 2.78. The van der Waals surface area contributed by atoms with Crippen LogP contribution in [-0.2, 0) is 17.8 Å². The summed E-state index contributed by atoms with van der Waals surface area (Å²) >= 11 is 0. The molecule has 0 bridgehead atoms. The van der Waals surface area contributed by atoms with Crippen LogP contribution in [0.3, 0.4) is 0 Å². The third-order valence-electron chi connectivity index (χ3n) is 5.01. The number of carbonyl (C=O) groups excluding carboxylic acids is 1. The van der Waals surface area contributed by atoms with Gasteiger partial charge in [-0.1, -0.05) is 19.9 Å². The number of carbonyl (C=O) groups is 1. The molecule has 0 aliphatic rings. The van der Waals surface area contributed by atoms with Gasteiger partial charge in [0, 0.05) is 37.5 Å². The number of hydrogen-bond donors (Lipinski definition) is 1. The van der Waals surface area contributed by atoms with E-state index in [0.717, 1.165) is 16.8 Å². The van der Waals surface area contributed by atoms with E-state index < -0.39 is 6.04 Å². The largest absolute Gasteiger partial charge is 0.460 e. The Labute approximate surface area is 167 Å². The SMILES string of the molecule is CCc1nn([C@@H](CC)C(=O)NCc2cccnc2)c(=O)c2cc3oc(C)cc3n12. The second-order valence-corrected chi connectivity index (χ2v) is 6.99. The zero-order valence-corrected chi connectivity index (χ0v) is 16.7. The number of rotatable bonds is 6. The summed E-state index contributed by atoms with van der Waals surface area (Å²) in [5.74, 6) is 1.23. The Balaban J connectivity index is 1.73. The molecular weight excluding hydrogens is 370 g/mol. The quantitative estimate of drug-likeness (QED) is 0.544. The Kier molecular flexibility index (Phi) is 4.92. The van der Waals surface area contributed by atoms with E-state index in [0.29, 0.717) is 36.3 Å². The normalized spacial score (nSPS) is 12.5. The molecule has 0 spiro atoms. The van der Waals surface area contributed by atoms with Crippen molar-refractivity contribution in [3.8, 4) is 0 Å². The van der Waals surface area contributed by atoms with Crippen LogP contribution in [0.15, 0.2) is 45.9 Å². The first-order chi connectivity index (χ1) is 14.0. The van der Waals surface area contributed by atoms with Crippen LogP contribution in [0.1, 0.15) is 43.5 Å². The number of furan rings is 1. The average molecular weight is 393 g/mol. The van der Waals surface area contributed by atoms with E-state index in [1.807, 2.05) is 43.4 Å². The molecule has 0 radical (unpaired) electrons. The first kappa shape index (κ1) is 18.9. The van der Waals surface area contributed by atoms with E-state index >= 15 is 0 Å². The summed E-state index contributed by atoms with van der Waals surface area (Å²) in [7, 11) is 0. The van der Waals surface area contributed by atoms with Crippen LogP contribution in [0.4, 0.5) is 0 Å². The number of nitrogens with one attached hydrogen (secondary N) is 1. The molecule has 1 amide bonds. The van der Waals surface area contributed by atoms with Crippen molar-refractivity contribution in [3.63, 3.8) is 0 Å². The molecule has 4 heterocycles. The standard InChI is InChI=1S/C21H23N5O3/c1-4-15(20(27)23-12-14-7-6-8-22-11-14)26-21(28)17-10-18-16(9-13(3)29-18)25(17)19(5-2)24-26/h6-11,15H,4-5,12H2,1-3H3,(H,23,27)/t15-/m0/s1. The van der Waals surface area contributed by atoms with Crippen molar-refractivity contribution >= 4 is 22.5 Å². The minimum atomic E-state index is -0.697. The van der Waals surface area contributed by atoms with Crippen LogP contribution in [0.2, 0.25) is 0 Å². The minimum Gasteiger partial charge on any atom is -0.460 e. The van der Waals surface area contributed by atoms with Crippen molar-refractivity contribution in [2.45, 2.75) is 46.2 Å². The molecule has 8 heteroatoms. The molecule has 0 aromatic carbocycles. The lowest BCUT2D eigenvalue weighted by Crippen LogP contribution is -2.39. The highest BCUT2D eigenvalue weighted by Crippen LogP contribution is 2.24. The molecule has 8 nitrogen and oxygen atoms in total. The summed E-state index contributed by atoms with van der Waals surface area (Å²) in [4.78, 5) is 30.1. The van der Waals surface area contributed by atoms with Crippen molar-refractivity contribution in [1.29, 1.82) is 0 Å². The molecule has 0 unspecified atom stereocenters. The van der Waals surface area contributed by atoms with Gasteiger partial charge in [0.1, 0.15) is 23.1 Å². The van der Waals surface area contributed by atoms with E-state index in [1.165, 1.54) is 4.68 Å². The highest BCUT2D eigenvalue weighted by atomic mass is 16.3. The van der Waals surface area contributed by atoms with Gasteiger partial charge >= 0.3 is 0 Å². The molecule has 4 rings (SSSR count). The molecule has 0 fully saturated rings. The first-order valence-corrected chi connectivity index (χ1v) is 9.73. The Bertz CT molecular complexity index is 1240. The molecule has 0 aliphatic heterocycles. The van der Waals surface area contributed by atoms with Crippen LogP contribution in [-0.4, -0.2) is 25.1 Å². The molecule has 0 saturated carbocycles. The van der Waals surface area contributed by atoms with Crippen molar-refractivity contribution in [1.82, 2.24) is 24.5 Å². The zero-order valence-electron chi connectivity index (χ0n) is 16.7. The summed E-state index contributed by atoms with van der Waals surface area (Å²) in [6.07, 6.45) is 4.44. The van der Waals surface area contributed by atoms with E-state index in [4.69, 9.17) is 4.42 Å². The molecule has 0 saturated heterocycles. The van der Waals surface area contributed by atoms with Gasteiger partial charge in [0.25, 0.3) is 5.56 Å². The summed E-state index contributed by atoms with van der Waals surface area (Å²) in [5, 5.41) is 7.44. The lowest BCUT2D eigenvalue weighted by Gasteiger charge is -2.18. The molecule has 4 aromatic heterocycles. The molecule has 1 atom stereocenters. The van der Waals surface area contributed by atoms with Gasteiger partial charge in [-0.05, 0) is 25.0 Å². The average Bonchev–Trinajstić information content (AvgIpc) is 3.26. The summed E-state index contributed by atoms with van der Waals surface area (Å²) in [6, 6.07) is 6.62. The van der Waals surface area contributed by atoms with Gasteiger partial charge < -0.3 is 9.73 Å². The zero-order chi connectivity index (χ0) is 20.5. The van der Waals surface area contributed by atoms with Crippen LogP contribution < -0.4 is 10.9 Å². The smallest absolute Gasteiger partial charge is 0.291 e. The lowest BCUT2D eigenvalue weighted by atomic mass is 10.2. The molecule has 150 valence electrons. The van der Waals surface area contributed by atoms with Gasteiger partial charge in [-0.25, -0.2) is 4.68 Å². The fraction of sp³-hybridized carbons (Fsp3) is 0.333. The van der Waals surface area contributed by atoms with E-state index in [1.54, 1.807) is 18.5 Å². The number of nitrogens with zero attached hydrogens (tertiary/aromatic N) is 4. The van der Waals surface area contributed by atoms with Gasteiger partial charge in [0.05, 0.1) is 5.52 Å². The van der Waals surface area contributed by atoms with Crippen LogP contribution >= 0.6 is 0 Å². The van der Waals surface area contributed by atoms with Gasteiger partial charge in [0.15, 0.2) is 5.58 Å². The van der Waals surface area contributed by atoms with Gasteiger partial charge in [0.2, 0.25) is 5.91 Å². The van der Waals surface area contributed by atoms with E-state index in [2.05, 4.69) is 15.4 Å². The summed E-state index contributed by atoms with van der Waals surface area (Å²) < 4.78 is 8.82. The third-order valence-corrected chi connectivity index (χ3v) is 5.01. The highest BCUT2D eigenvalue weighted by Gasteiger charge is 2.24.